The van der Waals surface area contributed by atoms with Crippen LogP contribution in [0.25, 0.3) is 0 Å². The lowest BCUT2D eigenvalue weighted by Gasteiger charge is -2.23. The number of fused-ring (bicyclic) bond motifs is 2. The fourth-order valence-corrected chi connectivity index (χ4v) is 3.74. The summed E-state index contributed by atoms with van der Waals surface area (Å²) in [4.78, 5) is 0. The van der Waals surface area contributed by atoms with Gasteiger partial charge in [0.15, 0.2) is 4.77 Å². The highest BCUT2D eigenvalue weighted by atomic mass is 32.1. The Balaban J connectivity index is 1.99. The largest absolute Gasteiger partial charge is 0.301 e. The van der Waals surface area contributed by atoms with Crippen molar-refractivity contribution in [3.05, 3.63) is 10.6 Å². The topological polar surface area (TPSA) is 33.6 Å². The number of hydrogen-bond acceptors (Lipinski definition) is 2. The summed E-state index contributed by atoms with van der Waals surface area (Å²) >= 11 is 5.34. The van der Waals surface area contributed by atoms with Gasteiger partial charge in [-0.05, 0) is 43.3 Å². The van der Waals surface area contributed by atoms with Gasteiger partial charge in [0.05, 0.1) is 0 Å². The highest BCUT2D eigenvalue weighted by Gasteiger charge is 2.41. The lowest BCUT2D eigenvalue weighted by atomic mass is 9.95. The lowest BCUT2D eigenvalue weighted by molar-refractivity contribution is 0.320. The molecule has 2 aliphatic carbocycles. The molecule has 1 aromatic heterocycles. The summed E-state index contributed by atoms with van der Waals surface area (Å²) < 4.78 is 3.11. The minimum absolute atomic E-state index is 0.643. The molecule has 0 radical (unpaired) electrons. The maximum absolute atomic E-state index is 5.34. The van der Waals surface area contributed by atoms with E-state index in [1.807, 2.05) is 0 Å². The molecule has 2 bridgehead atoms. The Morgan fingerprint density at radius 3 is 2.93 bits per heavy atom. The van der Waals surface area contributed by atoms with Gasteiger partial charge < -0.3 is 4.57 Å². The number of aryl methyl sites for hydroxylation is 1. The highest BCUT2D eigenvalue weighted by molar-refractivity contribution is 7.71. The Morgan fingerprint density at radius 2 is 2.33 bits per heavy atom. The van der Waals surface area contributed by atoms with Gasteiger partial charge >= 0.3 is 0 Å². The Bertz CT molecular complexity index is 420. The predicted molar refractivity (Wildman–Crippen MR) is 61.3 cm³/mol. The zero-order chi connectivity index (χ0) is 10.4. The van der Waals surface area contributed by atoms with Crippen molar-refractivity contribution in [3.8, 4) is 0 Å². The van der Waals surface area contributed by atoms with Crippen LogP contribution in [0, 0.1) is 16.6 Å². The molecule has 0 aliphatic heterocycles. The number of hydrogen-bond donors (Lipinski definition) is 1. The number of nitrogens with one attached hydrogen (secondary N) is 1. The monoisotopic (exact) mass is 223 g/mol. The number of aromatic nitrogens is 3. The molecule has 3 nitrogen and oxygen atoms in total. The van der Waals surface area contributed by atoms with Gasteiger partial charge in [0.25, 0.3) is 0 Å². The third kappa shape index (κ3) is 1.38. The van der Waals surface area contributed by atoms with Gasteiger partial charge in [0.2, 0.25) is 0 Å². The average molecular weight is 223 g/mol. The number of H-pyrrole nitrogens is 1. The summed E-state index contributed by atoms with van der Waals surface area (Å²) in [5.74, 6) is 2.96. The molecule has 0 aromatic carbocycles. The quantitative estimate of drug-likeness (QED) is 0.782. The standard InChI is InChI=1S/C11H17N3S/c1-2-10-12-13-11(15)14(10)9-6-7-3-4-8(9)5-7/h7-9H,2-6H2,1H3,(H,13,15). The first-order chi connectivity index (χ1) is 7.29. The fraction of sp³-hybridized carbons (Fsp3) is 0.818. The zero-order valence-corrected chi connectivity index (χ0v) is 9.89. The molecule has 3 rings (SSSR count). The van der Waals surface area contributed by atoms with Crippen molar-refractivity contribution in [3.63, 3.8) is 0 Å². The second-order valence-corrected chi connectivity index (χ2v) is 5.30. The van der Waals surface area contributed by atoms with Gasteiger partial charge in [0.1, 0.15) is 5.82 Å². The van der Waals surface area contributed by atoms with Crippen LogP contribution in [-0.2, 0) is 6.42 Å². The van der Waals surface area contributed by atoms with Crippen LogP contribution in [0.1, 0.15) is 44.5 Å². The molecule has 3 unspecified atom stereocenters. The zero-order valence-electron chi connectivity index (χ0n) is 9.07. The van der Waals surface area contributed by atoms with Crippen LogP contribution in [0.4, 0.5) is 0 Å². The maximum Gasteiger partial charge on any atom is 0.195 e. The molecule has 0 spiro atoms. The van der Waals surface area contributed by atoms with Gasteiger partial charge in [-0.15, -0.1) is 0 Å². The number of nitrogens with zero attached hydrogens (tertiary/aromatic N) is 2. The van der Waals surface area contributed by atoms with E-state index in [0.717, 1.165) is 28.9 Å². The van der Waals surface area contributed by atoms with Crippen molar-refractivity contribution in [1.29, 1.82) is 0 Å². The molecule has 2 fully saturated rings. The normalized spacial score (nSPS) is 33.8. The van der Waals surface area contributed by atoms with Crippen molar-refractivity contribution in [1.82, 2.24) is 14.8 Å². The van der Waals surface area contributed by atoms with E-state index in [9.17, 15) is 0 Å². The summed E-state index contributed by atoms with van der Waals surface area (Å²) in [5, 5.41) is 7.25. The molecule has 2 saturated carbocycles. The van der Waals surface area contributed by atoms with Crippen LogP contribution >= 0.6 is 12.2 Å². The molecule has 2 aliphatic rings. The summed E-state index contributed by atoms with van der Waals surface area (Å²) in [6.07, 6.45) is 6.55. The van der Waals surface area contributed by atoms with Crippen LogP contribution < -0.4 is 0 Å². The molecular formula is C11H17N3S. The van der Waals surface area contributed by atoms with Gasteiger partial charge in [-0.2, -0.15) is 5.10 Å². The molecule has 1 heterocycles. The number of aromatic amines is 1. The summed E-state index contributed by atoms with van der Waals surface area (Å²) in [5.41, 5.74) is 0. The van der Waals surface area contributed by atoms with Crippen molar-refractivity contribution < 1.29 is 0 Å². The Labute approximate surface area is 94.9 Å². The van der Waals surface area contributed by atoms with E-state index in [-0.39, 0.29) is 0 Å². The van der Waals surface area contributed by atoms with Crippen molar-refractivity contribution in [2.45, 2.75) is 45.1 Å². The van der Waals surface area contributed by atoms with Crippen molar-refractivity contribution in [2.24, 2.45) is 11.8 Å². The molecule has 1 N–H and O–H groups in total. The summed E-state index contributed by atoms with van der Waals surface area (Å²) in [6.45, 7) is 2.15. The average Bonchev–Trinajstić information content (AvgIpc) is 2.90. The van der Waals surface area contributed by atoms with E-state index >= 15 is 0 Å². The van der Waals surface area contributed by atoms with E-state index < -0.39 is 0 Å². The first-order valence-electron chi connectivity index (χ1n) is 5.95. The van der Waals surface area contributed by atoms with Crippen LogP contribution in [0.3, 0.4) is 0 Å². The van der Waals surface area contributed by atoms with E-state index in [1.54, 1.807) is 0 Å². The van der Waals surface area contributed by atoms with Crippen LogP contribution in [0.2, 0.25) is 0 Å². The lowest BCUT2D eigenvalue weighted by Crippen LogP contribution is -2.18. The molecule has 0 saturated heterocycles. The van der Waals surface area contributed by atoms with Crippen LogP contribution in [-0.4, -0.2) is 14.8 Å². The smallest absolute Gasteiger partial charge is 0.195 e. The molecular weight excluding hydrogens is 206 g/mol. The second-order valence-electron chi connectivity index (χ2n) is 4.91. The van der Waals surface area contributed by atoms with Crippen molar-refractivity contribution >= 4 is 12.2 Å². The minimum atomic E-state index is 0.643. The summed E-state index contributed by atoms with van der Waals surface area (Å²) in [6, 6.07) is 0.643. The molecule has 4 heteroatoms. The van der Waals surface area contributed by atoms with Crippen LogP contribution in [0.5, 0.6) is 0 Å². The van der Waals surface area contributed by atoms with Gasteiger partial charge in [0, 0.05) is 12.5 Å². The van der Waals surface area contributed by atoms with Crippen molar-refractivity contribution in [2.75, 3.05) is 0 Å². The van der Waals surface area contributed by atoms with E-state index in [1.165, 1.54) is 25.7 Å². The first kappa shape index (κ1) is 9.58. The molecule has 0 amide bonds. The third-order valence-corrected chi connectivity index (χ3v) is 4.41. The predicted octanol–water partition coefficient (Wildman–Crippen LogP) is 2.86. The Hall–Kier alpha value is -0.640. The van der Waals surface area contributed by atoms with Gasteiger partial charge in [-0.3, -0.25) is 5.10 Å². The third-order valence-electron chi connectivity index (χ3n) is 4.13. The second kappa shape index (κ2) is 3.44. The van der Waals surface area contributed by atoms with Gasteiger partial charge in [-0.25, -0.2) is 0 Å². The minimum Gasteiger partial charge on any atom is -0.301 e. The maximum atomic E-state index is 5.34. The molecule has 3 atom stereocenters. The Morgan fingerprint density at radius 1 is 1.47 bits per heavy atom. The summed E-state index contributed by atoms with van der Waals surface area (Å²) in [7, 11) is 0. The van der Waals surface area contributed by atoms with Crippen LogP contribution in [0.15, 0.2) is 0 Å². The SMILES string of the molecule is CCc1n[nH]c(=S)n1C1CC2CCC1C2. The van der Waals surface area contributed by atoms with E-state index in [0.29, 0.717) is 6.04 Å². The Kier molecular flexibility index (Phi) is 2.20. The number of rotatable bonds is 2. The van der Waals surface area contributed by atoms with E-state index in [4.69, 9.17) is 12.2 Å². The van der Waals surface area contributed by atoms with E-state index in [2.05, 4.69) is 21.7 Å². The molecule has 15 heavy (non-hydrogen) atoms. The highest BCUT2D eigenvalue weighted by Crippen LogP contribution is 2.50. The first-order valence-corrected chi connectivity index (χ1v) is 6.36. The molecule has 82 valence electrons. The molecule has 1 aromatic rings. The fourth-order valence-electron chi connectivity index (χ4n) is 3.46. The van der Waals surface area contributed by atoms with Gasteiger partial charge in [-0.1, -0.05) is 13.3 Å².